The number of para-hydroxylation sites is 1. The van der Waals surface area contributed by atoms with Gasteiger partial charge in [0.15, 0.2) is 0 Å². The SMILES string of the molecule is CCC(C)N(C(=O)c1cc(-c2cccc(OC)c2)nc2ccccc12)C(C)CC. The maximum Gasteiger partial charge on any atom is 0.255 e. The maximum absolute atomic E-state index is 13.7. The molecule has 0 saturated heterocycles. The van der Waals surface area contributed by atoms with Crippen molar-refractivity contribution in [3.8, 4) is 17.0 Å². The van der Waals surface area contributed by atoms with Crippen LogP contribution >= 0.6 is 0 Å². The molecule has 1 heterocycles. The van der Waals surface area contributed by atoms with Gasteiger partial charge >= 0.3 is 0 Å². The van der Waals surface area contributed by atoms with Crippen LogP contribution in [-0.2, 0) is 0 Å². The number of amides is 1. The first-order valence-electron chi connectivity index (χ1n) is 10.4. The van der Waals surface area contributed by atoms with Gasteiger partial charge in [0.25, 0.3) is 5.91 Å². The molecule has 152 valence electrons. The van der Waals surface area contributed by atoms with Gasteiger partial charge in [0.1, 0.15) is 5.75 Å². The first-order valence-corrected chi connectivity index (χ1v) is 10.4. The molecular formula is C25H30N2O2. The molecule has 0 saturated carbocycles. The summed E-state index contributed by atoms with van der Waals surface area (Å²) in [5, 5.41) is 0.890. The van der Waals surface area contributed by atoms with Gasteiger partial charge in [0, 0.05) is 23.0 Å². The van der Waals surface area contributed by atoms with Crippen molar-refractivity contribution in [2.75, 3.05) is 7.11 Å². The Kier molecular flexibility index (Phi) is 6.53. The minimum atomic E-state index is 0.0662. The maximum atomic E-state index is 13.7. The van der Waals surface area contributed by atoms with E-state index in [4.69, 9.17) is 9.72 Å². The number of nitrogens with zero attached hydrogens (tertiary/aromatic N) is 2. The molecule has 4 nitrogen and oxygen atoms in total. The molecule has 3 aromatic rings. The summed E-state index contributed by atoms with van der Waals surface area (Å²) in [6.07, 6.45) is 1.84. The Balaban J connectivity index is 2.19. The van der Waals surface area contributed by atoms with Gasteiger partial charge in [-0.1, -0.05) is 44.2 Å². The molecule has 2 aromatic carbocycles. The number of aromatic nitrogens is 1. The lowest BCUT2D eigenvalue weighted by molar-refractivity contribution is 0.0600. The molecule has 2 atom stereocenters. The monoisotopic (exact) mass is 390 g/mol. The zero-order chi connectivity index (χ0) is 21.0. The molecule has 29 heavy (non-hydrogen) atoms. The van der Waals surface area contributed by atoms with E-state index in [0.717, 1.165) is 40.8 Å². The van der Waals surface area contributed by atoms with Crippen molar-refractivity contribution in [1.29, 1.82) is 0 Å². The van der Waals surface area contributed by atoms with Crippen molar-refractivity contribution in [3.63, 3.8) is 0 Å². The zero-order valence-electron chi connectivity index (χ0n) is 18.0. The van der Waals surface area contributed by atoms with Crippen molar-refractivity contribution in [3.05, 3.63) is 60.2 Å². The first kappa shape index (κ1) is 20.8. The van der Waals surface area contributed by atoms with Crippen LogP contribution in [0.15, 0.2) is 54.6 Å². The zero-order valence-corrected chi connectivity index (χ0v) is 18.0. The number of hydrogen-bond donors (Lipinski definition) is 0. The van der Waals surface area contributed by atoms with Crippen LogP contribution in [-0.4, -0.2) is 35.0 Å². The van der Waals surface area contributed by atoms with E-state index < -0.39 is 0 Å². The van der Waals surface area contributed by atoms with Gasteiger partial charge in [-0.2, -0.15) is 0 Å². The lowest BCUT2D eigenvalue weighted by Gasteiger charge is -2.34. The number of pyridine rings is 1. The van der Waals surface area contributed by atoms with Gasteiger partial charge in [-0.3, -0.25) is 4.79 Å². The molecule has 0 spiro atoms. The van der Waals surface area contributed by atoms with Crippen molar-refractivity contribution < 1.29 is 9.53 Å². The summed E-state index contributed by atoms with van der Waals surface area (Å²) in [4.78, 5) is 20.6. The Morgan fingerprint density at radius 2 is 1.69 bits per heavy atom. The van der Waals surface area contributed by atoms with Crippen LogP contribution in [0.1, 0.15) is 50.9 Å². The molecular weight excluding hydrogens is 360 g/mol. The molecule has 0 aliphatic heterocycles. The predicted molar refractivity (Wildman–Crippen MR) is 119 cm³/mol. The van der Waals surface area contributed by atoms with Crippen molar-refractivity contribution in [2.24, 2.45) is 0 Å². The quantitative estimate of drug-likeness (QED) is 0.501. The molecule has 0 radical (unpaired) electrons. The summed E-state index contributed by atoms with van der Waals surface area (Å²) in [5.41, 5.74) is 3.24. The highest BCUT2D eigenvalue weighted by Gasteiger charge is 2.26. The molecule has 1 amide bonds. The molecule has 0 N–H and O–H groups in total. The summed E-state index contributed by atoms with van der Waals surface area (Å²) in [6, 6.07) is 17.9. The minimum Gasteiger partial charge on any atom is -0.497 e. The third kappa shape index (κ3) is 4.26. The van der Waals surface area contributed by atoms with E-state index in [0.29, 0.717) is 5.56 Å². The number of hydrogen-bond acceptors (Lipinski definition) is 3. The number of ether oxygens (including phenoxy) is 1. The fourth-order valence-corrected chi connectivity index (χ4v) is 3.65. The lowest BCUT2D eigenvalue weighted by Crippen LogP contribution is -2.44. The first-order chi connectivity index (χ1) is 14.0. The smallest absolute Gasteiger partial charge is 0.255 e. The number of carbonyl (C=O) groups excluding carboxylic acids is 1. The Morgan fingerprint density at radius 3 is 2.34 bits per heavy atom. The van der Waals surface area contributed by atoms with E-state index in [1.54, 1.807) is 7.11 Å². The van der Waals surface area contributed by atoms with E-state index in [1.807, 2.05) is 59.5 Å². The lowest BCUT2D eigenvalue weighted by atomic mass is 10.0. The van der Waals surface area contributed by atoms with Gasteiger partial charge in [-0.05, 0) is 51.0 Å². The summed E-state index contributed by atoms with van der Waals surface area (Å²) >= 11 is 0. The Morgan fingerprint density at radius 1 is 1.00 bits per heavy atom. The van der Waals surface area contributed by atoms with Crippen LogP contribution < -0.4 is 4.74 Å². The molecule has 0 bridgehead atoms. The van der Waals surface area contributed by atoms with Gasteiger partial charge in [0.2, 0.25) is 0 Å². The molecule has 1 aromatic heterocycles. The van der Waals surface area contributed by atoms with Gasteiger partial charge in [0.05, 0.1) is 23.9 Å². The van der Waals surface area contributed by atoms with Crippen LogP contribution in [0.5, 0.6) is 5.75 Å². The molecule has 0 fully saturated rings. The summed E-state index contributed by atoms with van der Waals surface area (Å²) in [7, 11) is 1.65. The van der Waals surface area contributed by atoms with Crippen LogP contribution in [0.25, 0.3) is 22.2 Å². The fraction of sp³-hybridized carbons (Fsp3) is 0.360. The topological polar surface area (TPSA) is 42.4 Å². The normalized spacial score (nSPS) is 13.1. The van der Waals surface area contributed by atoms with Crippen molar-refractivity contribution in [2.45, 2.75) is 52.6 Å². The summed E-state index contributed by atoms with van der Waals surface area (Å²) < 4.78 is 5.37. The summed E-state index contributed by atoms with van der Waals surface area (Å²) in [5.74, 6) is 0.836. The third-order valence-corrected chi connectivity index (χ3v) is 5.68. The average molecular weight is 391 g/mol. The fourth-order valence-electron chi connectivity index (χ4n) is 3.65. The highest BCUT2D eigenvalue weighted by Crippen LogP contribution is 2.29. The third-order valence-electron chi connectivity index (χ3n) is 5.68. The minimum absolute atomic E-state index is 0.0662. The standard InChI is InChI=1S/C25H30N2O2/c1-6-17(3)27(18(4)7-2)25(28)22-16-24(19-11-10-12-20(15-19)29-5)26-23-14-9-8-13-21(22)23/h8-18H,6-7H2,1-5H3. The van der Waals surface area contributed by atoms with Crippen LogP contribution in [0.3, 0.4) is 0 Å². The molecule has 0 aliphatic rings. The molecule has 0 aliphatic carbocycles. The van der Waals surface area contributed by atoms with Gasteiger partial charge < -0.3 is 9.64 Å². The number of benzene rings is 2. The van der Waals surface area contributed by atoms with Crippen molar-refractivity contribution in [1.82, 2.24) is 9.88 Å². The molecule has 4 heteroatoms. The largest absolute Gasteiger partial charge is 0.497 e. The molecule has 2 unspecified atom stereocenters. The van der Waals surface area contributed by atoms with Gasteiger partial charge in [-0.15, -0.1) is 0 Å². The van der Waals surface area contributed by atoms with E-state index in [1.165, 1.54) is 0 Å². The molecule has 3 rings (SSSR count). The summed E-state index contributed by atoms with van der Waals surface area (Å²) in [6.45, 7) is 8.49. The number of rotatable bonds is 7. The van der Waals surface area contributed by atoms with E-state index in [9.17, 15) is 4.79 Å². The van der Waals surface area contributed by atoms with E-state index >= 15 is 0 Å². The van der Waals surface area contributed by atoms with Crippen molar-refractivity contribution >= 4 is 16.8 Å². The highest BCUT2D eigenvalue weighted by molar-refractivity contribution is 6.07. The van der Waals surface area contributed by atoms with Crippen LogP contribution in [0, 0.1) is 0 Å². The second-order valence-corrected chi connectivity index (χ2v) is 7.53. The highest BCUT2D eigenvalue weighted by atomic mass is 16.5. The average Bonchev–Trinajstić information content (AvgIpc) is 2.77. The van der Waals surface area contributed by atoms with Gasteiger partial charge in [-0.25, -0.2) is 4.98 Å². The second-order valence-electron chi connectivity index (χ2n) is 7.53. The van der Waals surface area contributed by atoms with E-state index in [-0.39, 0.29) is 18.0 Å². The number of methoxy groups -OCH3 is 1. The Hall–Kier alpha value is -2.88. The number of carbonyl (C=O) groups is 1. The van der Waals surface area contributed by atoms with Crippen LogP contribution in [0.4, 0.5) is 0 Å². The Bertz CT molecular complexity index is 989. The van der Waals surface area contributed by atoms with Crippen LogP contribution in [0.2, 0.25) is 0 Å². The number of fused-ring (bicyclic) bond motifs is 1. The van der Waals surface area contributed by atoms with E-state index in [2.05, 4.69) is 27.7 Å². The predicted octanol–water partition coefficient (Wildman–Crippen LogP) is 5.95. The Labute approximate surface area is 173 Å². The second kappa shape index (κ2) is 9.08.